The zero-order chi connectivity index (χ0) is 10.1. The van der Waals surface area contributed by atoms with E-state index in [-0.39, 0.29) is 11.5 Å². The van der Waals surface area contributed by atoms with Gasteiger partial charge in [-0.1, -0.05) is 6.42 Å². The summed E-state index contributed by atoms with van der Waals surface area (Å²) in [5.74, 6) is 1.57. The topological polar surface area (TPSA) is 81.2 Å². The highest BCUT2D eigenvalue weighted by Crippen LogP contribution is 2.44. The molecule has 5 nitrogen and oxygen atoms in total. The van der Waals surface area contributed by atoms with Crippen LogP contribution in [0.2, 0.25) is 0 Å². The normalized spacial score (nSPS) is 37.4. The Kier molecular flexibility index (Phi) is 2.69. The van der Waals surface area contributed by atoms with E-state index in [1.807, 2.05) is 0 Å². The van der Waals surface area contributed by atoms with Crippen molar-refractivity contribution in [3.8, 4) is 0 Å². The number of fused-ring (bicyclic) bond motifs is 2. The molecule has 2 saturated carbocycles. The fourth-order valence-corrected chi connectivity index (χ4v) is 2.94. The first-order valence-electron chi connectivity index (χ1n) is 5.28. The van der Waals surface area contributed by atoms with Gasteiger partial charge in [0.2, 0.25) is 6.54 Å². The van der Waals surface area contributed by atoms with E-state index >= 15 is 0 Å². The SMILES string of the molecule is NC(C[N+](=O)[O-])NC1CC2CCC1C2. The Bertz CT molecular complexity index is 234. The fourth-order valence-electron chi connectivity index (χ4n) is 2.94. The highest BCUT2D eigenvalue weighted by atomic mass is 16.6. The third kappa shape index (κ3) is 2.04. The van der Waals surface area contributed by atoms with Crippen molar-refractivity contribution in [3.63, 3.8) is 0 Å². The quantitative estimate of drug-likeness (QED) is 0.388. The van der Waals surface area contributed by atoms with Crippen molar-refractivity contribution in [1.29, 1.82) is 0 Å². The van der Waals surface area contributed by atoms with Crippen molar-refractivity contribution in [2.24, 2.45) is 17.6 Å². The van der Waals surface area contributed by atoms with E-state index in [2.05, 4.69) is 5.32 Å². The van der Waals surface area contributed by atoms with E-state index in [1.54, 1.807) is 0 Å². The summed E-state index contributed by atoms with van der Waals surface area (Å²) in [6, 6.07) is 0.434. The highest BCUT2D eigenvalue weighted by molar-refractivity contribution is 4.94. The number of nitrogens with two attached hydrogens (primary N) is 1. The maximum Gasteiger partial charge on any atom is 0.231 e. The lowest BCUT2D eigenvalue weighted by atomic mass is 9.95. The molecule has 0 spiro atoms. The minimum Gasteiger partial charge on any atom is -0.310 e. The molecule has 2 fully saturated rings. The molecule has 0 saturated heterocycles. The van der Waals surface area contributed by atoms with Crippen molar-refractivity contribution in [2.75, 3.05) is 6.54 Å². The Morgan fingerprint density at radius 1 is 1.50 bits per heavy atom. The molecule has 0 aromatic heterocycles. The van der Waals surface area contributed by atoms with Gasteiger partial charge in [0.05, 0.1) is 0 Å². The van der Waals surface area contributed by atoms with Crippen LogP contribution in [0, 0.1) is 22.0 Å². The van der Waals surface area contributed by atoms with Crippen molar-refractivity contribution < 1.29 is 4.92 Å². The number of hydrogen-bond acceptors (Lipinski definition) is 4. The van der Waals surface area contributed by atoms with Gasteiger partial charge in [0.1, 0.15) is 6.17 Å². The second kappa shape index (κ2) is 3.82. The van der Waals surface area contributed by atoms with Gasteiger partial charge >= 0.3 is 0 Å². The highest BCUT2D eigenvalue weighted by Gasteiger charge is 2.40. The van der Waals surface area contributed by atoms with E-state index in [9.17, 15) is 10.1 Å². The molecule has 0 aromatic rings. The molecule has 80 valence electrons. The molecule has 14 heavy (non-hydrogen) atoms. The maximum atomic E-state index is 10.2. The lowest BCUT2D eigenvalue weighted by molar-refractivity contribution is -0.483. The summed E-state index contributed by atoms with van der Waals surface area (Å²) in [6.45, 7) is -0.173. The Hall–Kier alpha value is -0.680. The molecule has 4 unspecified atom stereocenters. The van der Waals surface area contributed by atoms with Crippen LogP contribution >= 0.6 is 0 Å². The third-order valence-corrected chi connectivity index (χ3v) is 3.51. The summed E-state index contributed by atoms with van der Waals surface area (Å²) in [5, 5.41) is 13.4. The van der Waals surface area contributed by atoms with E-state index in [4.69, 9.17) is 5.73 Å². The molecule has 2 rings (SSSR count). The average Bonchev–Trinajstić information content (AvgIpc) is 2.62. The molecule has 0 heterocycles. The third-order valence-electron chi connectivity index (χ3n) is 3.51. The van der Waals surface area contributed by atoms with Crippen molar-refractivity contribution in [3.05, 3.63) is 10.1 Å². The zero-order valence-corrected chi connectivity index (χ0v) is 8.19. The largest absolute Gasteiger partial charge is 0.310 e. The van der Waals surface area contributed by atoms with Crippen LogP contribution in [0.15, 0.2) is 0 Å². The average molecular weight is 199 g/mol. The lowest BCUT2D eigenvalue weighted by Crippen LogP contribution is -2.49. The van der Waals surface area contributed by atoms with E-state index in [1.165, 1.54) is 19.3 Å². The van der Waals surface area contributed by atoms with Crippen LogP contribution in [-0.4, -0.2) is 23.7 Å². The summed E-state index contributed by atoms with van der Waals surface area (Å²) in [7, 11) is 0. The smallest absolute Gasteiger partial charge is 0.231 e. The van der Waals surface area contributed by atoms with E-state index in [0.717, 1.165) is 18.3 Å². The molecule has 3 N–H and O–H groups in total. The van der Waals surface area contributed by atoms with Crippen LogP contribution in [0.1, 0.15) is 25.7 Å². The predicted molar refractivity (Wildman–Crippen MR) is 52.2 cm³/mol. The molecular formula is C9H17N3O2. The zero-order valence-electron chi connectivity index (χ0n) is 8.19. The van der Waals surface area contributed by atoms with Gasteiger partial charge in [0.25, 0.3) is 0 Å². The van der Waals surface area contributed by atoms with E-state index in [0.29, 0.717) is 6.04 Å². The van der Waals surface area contributed by atoms with Gasteiger partial charge in [-0.25, -0.2) is 0 Å². The number of nitro groups is 1. The number of nitrogens with one attached hydrogen (secondary N) is 1. The second-order valence-electron chi connectivity index (χ2n) is 4.57. The molecule has 0 amide bonds. The van der Waals surface area contributed by atoms with Gasteiger partial charge in [-0.2, -0.15) is 0 Å². The number of nitrogens with zero attached hydrogens (tertiary/aromatic N) is 1. The summed E-state index contributed by atoms with van der Waals surface area (Å²) in [5.41, 5.74) is 5.63. The summed E-state index contributed by atoms with van der Waals surface area (Å²) in [4.78, 5) is 9.87. The Morgan fingerprint density at radius 2 is 2.29 bits per heavy atom. The van der Waals surface area contributed by atoms with Crippen molar-refractivity contribution in [1.82, 2.24) is 5.32 Å². The molecule has 2 aliphatic carbocycles. The van der Waals surface area contributed by atoms with Crippen LogP contribution in [-0.2, 0) is 0 Å². The maximum absolute atomic E-state index is 10.2. The number of hydrogen-bond donors (Lipinski definition) is 2. The molecule has 2 aliphatic rings. The molecule has 2 bridgehead atoms. The fraction of sp³-hybridized carbons (Fsp3) is 1.00. The Morgan fingerprint density at radius 3 is 2.79 bits per heavy atom. The Labute approximate surface area is 83.2 Å². The van der Waals surface area contributed by atoms with Gasteiger partial charge in [0, 0.05) is 11.0 Å². The first-order chi connectivity index (χ1) is 6.65. The van der Waals surface area contributed by atoms with Gasteiger partial charge in [-0.15, -0.1) is 0 Å². The summed E-state index contributed by atoms with van der Waals surface area (Å²) in [6.07, 6.45) is 4.59. The molecule has 5 heteroatoms. The Balaban J connectivity index is 1.78. The van der Waals surface area contributed by atoms with E-state index < -0.39 is 6.17 Å². The first kappa shape index (κ1) is 9.86. The van der Waals surface area contributed by atoms with Crippen molar-refractivity contribution >= 4 is 0 Å². The van der Waals surface area contributed by atoms with Crippen LogP contribution in [0.25, 0.3) is 0 Å². The monoisotopic (exact) mass is 199 g/mol. The van der Waals surface area contributed by atoms with Crippen LogP contribution in [0.3, 0.4) is 0 Å². The molecule has 0 aliphatic heterocycles. The van der Waals surface area contributed by atoms with Gasteiger partial charge in [-0.05, 0) is 31.1 Å². The van der Waals surface area contributed by atoms with Crippen LogP contribution in [0.5, 0.6) is 0 Å². The van der Waals surface area contributed by atoms with Gasteiger partial charge in [0.15, 0.2) is 0 Å². The van der Waals surface area contributed by atoms with Crippen LogP contribution in [0.4, 0.5) is 0 Å². The molecular weight excluding hydrogens is 182 g/mol. The second-order valence-corrected chi connectivity index (χ2v) is 4.57. The minimum atomic E-state index is -0.477. The number of rotatable bonds is 4. The van der Waals surface area contributed by atoms with Crippen LogP contribution < -0.4 is 11.1 Å². The first-order valence-corrected chi connectivity index (χ1v) is 5.28. The molecule has 0 radical (unpaired) electrons. The molecule has 4 atom stereocenters. The molecule has 0 aromatic carbocycles. The van der Waals surface area contributed by atoms with Crippen molar-refractivity contribution in [2.45, 2.75) is 37.9 Å². The van der Waals surface area contributed by atoms with Gasteiger partial charge in [-0.3, -0.25) is 15.4 Å². The predicted octanol–water partition coefficient (Wildman–Crippen LogP) is 0.326. The lowest BCUT2D eigenvalue weighted by Gasteiger charge is -2.24. The standard InChI is InChI=1S/C9H17N3O2/c10-9(5-12(13)14)11-8-4-6-1-2-7(8)3-6/h6-9,11H,1-5,10H2. The van der Waals surface area contributed by atoms with Gasteiger partial charge < -0.3 is 5.73 Å². The minimum absolute atomic E-state index is 0.173. The summed E-state index contributed by atoms with van der Waals surface area (Å²) < 4.78 is 0. The summed E-state index contributed by atoms with van der Waals surface area (Å²) >= 11 is 0.